The van der Waals surface area contributed by atoms with Crippen LogP contribution in [-0.2, 0) is 0 Å². The van der Waals surface area contributed by atoms with Crippen LogP contribution in [0.5, 0.6) is 5.75 Å². The van der Waals surface area contributed by atoms with Gasteiger partial charge in [-0.1, -0.05) is 121 Å². The van der Waals surface area contributed by atoms with Crippen LogP contribution in [0.2, 0.25) is 0 Å². The predicted octanol–water partition coefficient (Wildman–Crippen LogP) is 9.21. The molecule has 0 radical (unpaired) electrons. The Labute approximate surface area is 227 Å². The normalized spacial score (nSPS) is 10.9. The number of rotatable bonds is 6. The van der Waals surface area contributed by atoms with Gasteiger partial charge in [-0.2, -0.15) is 0 Å². The van der Waals surface area contributed by atoms with Crippen molar-refractivity contribution in [3.05, 3.63) is 139 Å². The molecule has 188 valence electrons. The summed E-state index contributed by atoms with van der Waals surface area (Å²) in [5.41, 5.74) is 8.12. The number of carboxylic acid groups (broad SMARTS) is 1. The van der Waals surface area contributed by atoms with Crippen LogP contribution >= 0.6 is 0 Å². The summed E-state index contributed by atoms with van der Waals surface area (Å²) in [4.78, 5) is 12.9. The summed E-state index contributed by atoms with van der Waals surface area (Å²) >= 11 is 0. The van der Waals surface area contributed by atoms with Gasteiger partial charge in [0.15, 0.2) is 0 Å². The number of benzene rings is 6. The summed E-state index contributed by atoms with van der Waals surface area (Å²) in [5, 5.41) is 12.0. The Morgan fingerprint density at radius 3 is 1.33 bits per heavy atom. The summed E-state index contributed by atoms with van der Waals surface area (Å²) < 4.78 is 5.65. The summed E-state index contributed by atoms with van der Waals surface area (Å²) in [6.45, 7) is 0. The zero-order valence-corrected chi connectivity index (χ0v) is 21.5. The predicted molar refractivity (Wildman–Crippen MR) is 159 cm³/mol. The Balaban J connectivity index is 1.98. The summed E-state index contributed by atoms with van der Waals surface area (Å²) in [6.07, 6.45) is 0. The second-order valence-corrected chi connectivity index (χ2v) is 9.37. The van der Waals surface area contributed by atoms with Crippen molar-refractivity contribution in [1.29, 1.82) is 0 Å². The van der Waals surface area contributed by atoms with Gasteiger partial charge in [0.05, 0.1) is 12.7 Å². The highest BCUT2D eigenvalue weighted by atomic mass is 16.5. The molecule has 0 aliphatic heterocycles. The van der Waals surface area contributed by atoms with Crippen LogP contribution in [0.1, 0.15) is 10.4 Å². The van der Waals surface area contributed by atoms with Crippen LogP contribution in [0, 0.1) is 0 Å². The minimum atomic E-state index is -0.999. The van der Waals surface area contributed by atoms with Gasteiger partial charge in [0.25, 0.3) is 0 Å². The third-order valence-corrected chi connectivity index (χ3v) is 7.10. The van der Waals surface area contributed by atoms with E-state index in [2.05, 4.69) is 36.4 Å². The lowest BCUT2D eigenvalue weighted by Crippen LogP contribution is -2.04. The minimum Gasteiger partial charge on any atom is -0.497 e. The molecule has 3 nitrogen and oxygen atoms in total. The smallest absolute Gasteiger partial charge is 0.336 e. The molecule has 0 saturated carbocycles. The van der Waals surface area contributed by atoms with E-state index >= 15 is 0 Å². The van der Waals surface area contributed by atoms with Gasteiger partial charge in [0.1, 0.15) is 5.75 Å². The van der Waals surface area contributed by atoms with Crippen molar-refractivity contribution in [2.75, 3.05) is 7.11 Å². The molecule has 0 fully saturated rings. The highest BCUT2D eigenvalue weighted by Gasteiger charge is 2.27. The number of carbonyl (C=O) groups is 1. The summed E-state index contributed by atoms with van der Waals surface area (Å²) in [5.74, 6) is -0.496. The Hall–Kier alpha value is -5.15. The van der Waals surface area contributed by atoms with Crippen LogP contribution in [0.15, 0.2) is 133 Å². The number of aromatic carboxylic acids is 1. The second-order valence-electron chi connectivity index (χ2n) is 9.37. The first-order valence-corrected chi connectivity index (χ1v) is 12.8. The fraction of sp³-hybridized carbons (Fsp3) is 0.0278. The van der Waals surface area contributed by atoms with Crippen LogP contribution in [0.4, 0.5) is 0 Å². The molecule has 0 aliphatic carbocycles. The molecular formula is C36H26O3. The molecule has 6 aromatic carbocycles. The number of hydrogen-bond acceptors (Lipinski definition) is 2. The van der Waals surface area contributed by atoms with Crippen molar-refractivity contribution < 1.29 is 14.6 Å². The molecule has 0 atom stereocenters. The number of ether oxygens (including phenoxy) is 1. The van der Waals surface area contributed by atoms with Crippen LogP contribution in [-0.4, -0.2) is 18.2 Å². The summed E-state index contributed by atoms with van der Waals surface area (Å²) in [6, 6.07) is 44.4. The lowest BCUT2D eigenvalue weighted by atomic mass is 9.78. The first-order valence-electron chi connectivity index (χ1n) is 12.8. The van der Waals surface area contributed by atoms with Crippen molar-refractivity contribution in [2.24, 2.45) is 0 Å². The van der Waals surface area contributed by atoms with Crippen LogP contribution < -0.4 is 4.74 Å². The zero-order valence-electron chi connectivity index (χ0n) is 21.5. The van der Waals surface area contributed by atoms with Crippen molar-refractivity contribution in [3.8, 4) is 50.3 Å². The zero-order chi connectivity index (χ0) is 26.8. The Morgan fingerprint density at radius 2 is 0.923 bits per heavy atom. The van der Waals surface area contributed by atoms with Gasteiger partial charge in [0.2, 0.25) is 0 Å². The molecular weight excluding hydrogens is 480 g/mol. The quantitative estimate of drug-likeness (QED) is 0.245. The molecule has 6 aromatic rings. The van der Waals surface area contributed by atoms with Gasteiger partial charge < -0.3 is 9.84 Å². The van der Waals surface area contributed by atoms with E-state index in [0.717, 1.165) is 49.9 Å². The fourth-order valence-corrected chi connectivity index (χ4v) is 5.46. The standard InChI is InChI=1S/C36H26O3/c1-39-28-22-29-31(24-14-6-2-7-15-24)32(25-16-8-3-9-17-25)33(26-18-10-4-11-19-26)34(27-20-12-5-13-21-27)35(29)30(23-28)36(37)38/h2-23H,1H3,(H,37,38). The van der Waals surface area contributed by atoms with Gasteiger partial charge >= 0.3 is 5.97 Å². The first-order chi connectivity index (χ1) is 19.2. The third kappa shape index (κ3) is 4.34. The van der Waals surface area contributed by atoms with E-state index in [1.807, 2.05) is 91.0 Å². The molecule has 0 unspecified atom stereocenters. The molecule has 39 heavy (non-hydrogen) atoms. The Bertz CT molecular complexity index is 1780. The van der Waals surface area contributed by atoms with E-state index < -0.39 is 5.97 Å². The average Bonchev–Trinajstić information content (AvgIpc) is 3.01. The van der Waals surface area contributed by atoms with Gasteiger partial charge in [-0.05, 0) is 62.0 Å². The monoisotopic (exact) mass is 506 g/mol. The highest BCUT2D eigenvalue weighted by Crippen LogP contribution is 2.52. The van der Waals surface area contributed by atoms with Gasteiger partial charge in [-0.15, -0.1) is 0 Å². The average molecular weight is 507 g/mol. The molecule has 1 N–H and O–H groups in total. The van der Waals surface area contributed by atoms with E-state index in [1.165, 1.54) is 0 Å². The van der Waals surface area contributed by atoms with Crippen LogP contribution in [0.25, 0.3) is 55.3 Å². The van der Waals surface area contributed by atoms with E-state index in [1.54, 1.807) is 13.2 Å². The summed E-state index contributed by atoms with van der Waals surface area (Å²) in [7, 11) is 1.57. The molecule has 0 bridgehead atoms. The molecule has 0 saturated heterocycles. The van der Waals surface area contributed by atoms with Crippen LogP contribution in [0.3, 0.4) is 0 Å². The lowest BCUT2D eigenvalue weighted by molar-refractivity contribution is 0.0698. The maximum atomic E-state index is 12.9. The first kappa shape index (κ1) is 24.2. The molecule has 0 spiro atoms. The van der Waals surface area contributed by atoms with E-state index in [4.69, 9.17) is 4.74 Å². The molecule has 3 heteroatoms. The second kappa shape index (κ2) is 10.3. The Kier molecular flexibility index (Phi) is 6.40. The number of hydrogen-bond donors (Lipinski definition) is 1. The number of carboxylic acids is 1. The van der Waals surface area contributed by atoms with Crippen molar-refractivity contribution in [2.45, 2.75) is 0 Å². The minimum absolute atomic E-state index is 0.206. The molecule has 0 heterocycles. The Morgan fingerprint density at radius 1 is 0.538 bits per heavy atom. The fourth-order valence-electron chi connectivity index (χ4n) is 5.46. The van der Waals surface area contributed by atoms with Crippen molar-refractivity contribution in [3.63, 3.8) is 0 Å². The maximum Gasteiger partial charge on any atom is 0.336 e. The van der Waals surface area contributed by atoms with E-state index in [0.29, 0.717) is 11.1 Å². The van der Waals surface area contributed by atoms with Gasteiger partial charge in [0, 0.05) is 5.39 Å². The van der Waals surface area contributed by atoms with Crippen molar-refractivity contribution in [1.82, 2.24) is 0 Å². The number of methoxy groups -OCH3 is 1. The maximum absolute atomic E-state index is 12.9. The SMILES string of the molecule is COc1cc(C(=O)O)c2c(-c3ccccc3)c(-c3ccccc3)c(-c3ccccc3)c(-c3ccccc3)c2c1. The molecule has 0 aliphatic rings. The topological polar surface area (TPSA) is 46.5 Å². The molecule has 0 aromatic heterocycles. The lowest BCUT2D eigenvalue weighted by Gasteiger charge is -2.25. The number of fused-ring (bicyclic) bond motifs is 1. The largest absolute Gasteiger partial charge is 0.497 e. The van der Waals surface area contributed by atoms with Crippen molar-refractivity contribution >= 4 is 16.7 Å². The van der Waals surface area contributed by atoms with E-state index in [-0.39, 0.29) is 5.56 Å². The van der Waals surface area contributed by atoms with Gasteiger partial charge in [-0.3, -0.25) is 0 Å². The molecule has 6 rings (SSSR count). The molecule has 0 amide bonds. The third-order valence-electron chi connectivity index (χ3n) is 7.10. The highest BCUT2D eigenvalue weighted by molar-refractivity contribution is 6.23. The van der Waals surface area contributed by atoms with E-state index in [9.17, 15) is 9.90 Å². The van der Waals surface area contributed by atoms with Gasteiger partial charge in [-0.25, -0.2) is 4.79 Å².